The summed E-state index contributed by atoms with van der Waals surface area (Å²) in [6.07, 6.45) is 10.2. The maximum absolute atomic E-state index is 12.8. The number of aromatic nitrogens is 3. The van der Waals surface area contributed by atoms with E-state index in [-0.39, 0.29) is 5.91 Å². The number of amides is 1. The minimum absolute atomic E-state index is 0.0350. The third-order valence-corrected chi connectivity index (χ3v) is 7.61. The van der Waals surface area contributed by atoms with Crippen LogP contribution in [0.4, 0.5) is 0 Å². The van der Waals surface area contributed by atoms with E-state index in [1.54, 1.807) is 13.3 Å². The Hall–Kier alpha value is -4.23. The number of hydrogen-bond acceptors (Lipinski definition) is 5. The summed E-state index contributed by atoms with van der Waals surface area (Å²) in [4.78, 5) is 27.7. The van der Waals surface area contributed by atoms with Crippen LogP contribution in [0, 0.1) is 0 Å². The molecule has 6 rings (SSSR count). The van der Waals surface area contributed by atoms with E-state index in [1.807, 2.05) is 60.9 Å². The summed E-state index contributed by atoms with van der Waals surface area (Å²) in [6, 6.07) is 17.8. The molecule has 0 atom stereocenters. The second kappa shape index (κ2) is 11.3. The van der Waals surface area contributed by atoms with Crippen molar-refractivity contribution in [2.24, 2.45) is 0 Å². The lowest BCUT2D eigenvalue weighted by molar-refractivity contribution is 0.0952. The Morgan fingerprint density at radius 3 is 2.62 bits per heavy atom. The Balaban J connectivity index is 1.25. The lowest BCUT2D eigenvalue weighted by Gasteiger charge is -2.14. The van der Waals surface area contributed by atoms with E-state index in [4.69, 9.17) is 4.74 Å². The van der Waals surface area contributed by atoms with Crippen molar-refractivity contribution >= 4 is 27.7 Å². The molecule has 0 radical (unpaired) electrons. The second-order valence-electron chi connectivity index (χ2n) is 10.1. The molecule has 1 aliphatic heterocycles. The lowest BCUT2D eigenvalue weighted by atomic mass is 9.97. The van der Waals surface area contributed by atoms with Crippen LogP contribution < -0.4 is 10.1 Å². The molecule has 39 heavy (non-hydrogen) atoms. The Morgan fingerprint density at radius 1 is 1.00 bits per heavy atom. The Labute approximate surface area is 228 Å². The van der Waals surface area contributed by atoms with Crippen molar-refractivity contribution in [3.05, 3.63) is 78.8 Å². The zero-order valence-electron chi connectivity index (χ0n) is 22.2. The van der Waals surface area contributed by atoms with Crippen molar-refractivity contribution < 1.29 is 9.53 Å². The number of pyridine rings is 2. The molecule has 0 spiro atoms. The number of aromatic amines is 1. The molecule has 5 aromatic rings. The molecule has 0 bridgehead atoms. The van der Waals surface area contributed by atoms with Gasteiger partial charge in [-0.1, -0.05) is 12.1 Å². The zero-order chi connectivity index (χ0) is 26.6. The molecule has 3 aromatic heterocycles. The van der Waals surface area contributed by atoms with Crippen molar-refractivity contribution in [2.75, 3.05) is 33.3 Å². The fourth-order valence-electron chi connectivity index (χ4n) is 5.56. The van der Waals surface area contributed by atoms with Crippen LogP contribution in [0.25, 0.3) is 44.2 Å². The number of carbonyl (C=O) groups is 1. The van der Waals surface area contributed by atoms with Gasteiger partial charge in [0, 0.05) is 51.9 Å². The van der Waals surface area contributed by atoms with Crippen molar-refractivity contribution in [2.45, 2.75) is 25.7 Å². The molecule has 0 saturated carbocycles. The number of ether oxygens (including phenoxy) is 1. The molecule has 1 amide bonds. The lowest BCUT2D eigenvalue weighted by Crippen LogP contribution is -2.26. The number of rotatable bonds is 9. The van der Waals surface area contributed by atoms with Gasteiger partial charge in [-0.15, -0.1) is 0 Å². The van der Waals surface area contributed by atoms with Crippen LogP contribution in [-0.4, -0.2) is 59.0 Å². The van der Waals surface area contributed by atoms with Gasteiger partial charge in [-0.2, -0.15) is 0 Å². The third kappa shape index (κ3) is 5.22. The number of methoxy groups -OCH3 is 1. The Bertz CT molecular complexity index is 1590. The van der Waals surface area contributed by atoms with E-state index in [0.29, 0.717) is 12.1 Å². The van der Waals surface area contributed by atoms with E-state index in [9.17, 15) is 4.79 Å². The summed E-state index contributed by atoms with van der Waals surface area (Å²) in [5.74, 6) is 0.741. The van der Waals surface area contributed by atoms with Crippen molar-refractivity contribution in [1.82, 2.24) is 25.2 Å². The monoisotopic (exact) mass is 519 g/mol. The van der Waals surface area contributed by atoms with Gasteiger partial charge in [0.05, 0.1) is 24.5 Å². The first-order chi connectivity index (χ1) is 19.2. The second-order valence-corrected chi connectivity index (χ2v) is 10.1. The quantitative estimate of drug-likeness (QED) is 0.231. The minimum atomic E-state index is -0.0350. The van der Waals surface area contributed by atoms with Crippen LogP contribution in [0.5, 0.6) is 5.75 Å². The van der Waals surface area contributed by atoms with Gasteiger partial charge >= 0.3 is 0 Å². The van der Waals surface area contributed by atoms with Gasteiger partial charge in [0.1, 0.15) is 5.75 Å². The van der Waals surface area contributed by atoms with E-state index < -0.39 is 0 Å². The van der Waals surface area contributed by atoms with Crippen LogP contribution in [0.15, 0.2) is 73.2 Å². The zero-order valence-corrected chi connectivity index (χ0v) is 22.2. The van der Waals surface area contributed by atoms with Gasteiger partial charge in [-0.25, -0.2) is 0 Å². The van der Waals surface area contributed by atoms with Crippen molar-refractivity contribution in [1.29, 1.82) is 0 Å². The number of unbranched alkanes of at least 4 members (excludes halogenated alkanes) is 1. The van der Waals surface area contributed by atoms with Crippen LogP contribution in [0.1, 0.15) is 36.0 Å². The summed E-state index contributed by atoms with van der Waals surface area (Å²) >= 11 is 0. The molecule has 2 N–H and O–H groups in total. The summed E-state index contributed by atoms with van der Waals surface area (Å²) in [7, 11) is 1.69. The van der Waals surface area contributed by atoms with Gasteiger partial charge in [-0.05, 0) is 93.3 Å². The normalized spacial score (nSPS) is 13.8. The fourth-order valence-corrected chi connectivity index (χ4v) is 5.56. The van der Waals surface area contributed by atoms with Crippen molar-refractivity contribution in [3.8, 4) is 28.1 Å². The molecule has 7 nitrogen and oxygen atoms in total. The molecular formula is C32H33N5O2. The van der Waals surface area contributed by atoms with Crippen LogP contribution in [-0.2, 0) is 0 Å². The van der Waals surface area contributed by atoms with E-state index in [0.717, 1.165) is 69.3 Å². The average molecular weight is 520 g/mol. The maximum atomic E-state index is 12.8. The topological polar surface area (TPSA) is 83.1 Å². The predicted octanol–water partition coefficient (Wildman–Crippen LogP) is 6.06. The molecule has 0 aliphatic carbocycles. The van der Waals surface area contributed by atoms with Crippen molar-refractivity contribution in [3.63, 3.8) is 0 Å². The first kappa shape index (κ1) is 25.1. The SMILES string of the molecule is COc1ccc2[nH]c3cnc(-c4cccnc4)cc3c2c1-c1ccc(C(=O)NCCCCN2CCCC2)cc1. The molecule has 7 heteroatoms. The molecule has 2 aromatic carbocycles. The number of fused-ring (bicyclic) bond motifs is 3. The standard InChI is InChI=1S/C32H33N5O2/c1-39-29-13-12-26-31(25-19-27(35-21-28(25)36-26)24-7-6-14-33-20-24)30(29)22-8-10-23(11-9-22)32(38)34-15-2-3-16-37-17-4-5-18-37/h6-14,19-21,36H,2-5,15-18H2,1H3,(H,34,38). The first-order valence-electron chi connectivity index (χ1n) is 13.7. The van der Waals surface area contributed by atoms with Gasteiger partial charge in [0.15, 0.2) is 0 Å². The summed E-state index contributed by atoms with van der Waals surface area (Å²) in [5.41, 5.74) is 6.40. The van der Waals surface area contributed by atoms with Gasteiger partial charge in [0.2, 0.25) is 0 Å². The average Bonchev–Trinajstić information content (AvgIpc) is 3.64. The number of carbonyl (C=O) groups excluding carboxylic acids is 1. The number of benzene rings is 2. The molecular weight excluding hydrogens is 486 g/mol. The highest BCUT2D eigenvalue weighted by Gasteiger charge is 2.17. The van der Waals surface area contributed by atoms with Gasteiger partial charge in [-0.3, -0.25) is 14.8 Å². The third-order valence-electron chi connectivity index (χ3n) is 7.61. The molecule has 198 valence electrons. The van der Waals surface area contributed by atoms with Crippen LogP contribution in [0.2, 0.25) is 0 Å². The van der Waals surface area contributed by atoms with Gasteiger partial charge in [0.25, 0.3) is 5.91 Å². The number of nitrogens with one attached hydrogen (secondary N) is 2. The van der Waals surface area contributed by atoms with E-state index in [2.05, 4.69) is 31.2 Å². The number of H-pyrrole nitrogens is 1. The first-order valence-corrected chi connectivity index (χ1v) is 13.7. The summed E-state index contributed by atoms with van der Waals surface area (Å²) in [6.45, 7) is 4.27. The minimum Gasteiger partial charge on any atom is -0.496 e. The molecule has 0 unspecified atom stereocenters. The fraction of sp³-hybridized carbons (Fsp3) is 0.281. The molecule has 1 saturated heterocycles. The molecule has 1 aliphatic rings. The predicted molar refractivity (Wildman–Crippen MR) is 156 cm³/mol. The smallest absolute Gasteiger partial charge is 0.251 e. The van der Waals surface area contributed by atoms with Gasteiger partial charge < -0.3 is 19.9 Å². The number of likely N-dealkylation sites (tertiary alicyclic amines) is 1. The van der Waals surface area contributed by atoms with Crippen LogP contribution in [0.3, 0.4) is 0 Å². The Morgan fingerprint density at radius 2 is 1.85 bits per heavy atom. The van der Waals surface area contributed by atoms with E-state index >= 15 is 0 Å². The van der Waals surface area contributed by atoms with E-state index in [1.165, 1.54) is 25.9 Å². The Kier molecular flexibility index (Phi) is 7.23. The highest BCUT2D eigenvalue weighted by Crippen LogP contribution is 2.41. The summed E-state index contributed by atoms with van der Waals surface area (Å²) < 4.78 is 5.81. The molecule has 4 heterocycles. The number of nitrogens with zero attached hydrogens (tertiary/aromatic N) is 3. The largest absolute Gasteiger partial charge is 0.496 e. The highest BCUT2D eigenvalue weighted by molar-refractivity contribution is 6.16. The van der Waals surface area contributed by atoms with Crippen LogP contribution >= 0.6 is 0 Å². The highest BCUT2D eigenvalue weighted by atomic mass is 16.5. The maximum Gasteiger partial charge on any atom is 0.251 e. The molecule has 1 fully saturated rings. The summed E-state index contributed by atoms with van der Waals surface area (Å²) in [5, 5.41) is 5.20. The number of hydrogen-bond donors (Lipinski definition) is 2.